The van der Waals surface area contributed by atoms with Crippen LogP contribution in [0.3, 0.4) is 0 Å². The molecule has 7 nitrogen and oxygen atoms in total. The summed E-state index contributed by atoms with van der Waals surface area (Å²) in [5.41, 5.74) is 0.450. The molecule has 0 aliphatic carbocycles. The van der Waals surface area contributed by atoms with E-state index >= 15 is 0 Å². The third-order valence-corrected chi connectivity index (χ3v) is 5.05. The van der Waals surface area contributed by atoms with Gasteiger partial charge in [-0.2, -0.15) is 9.61 Å². The van der Waals surface area contributed by atoms with Crippen molar-refractivity contribution >= 4 is 23.3 Å². The Balaban J connectivity index is 1.46. The van der Waals surface area contributed by atoms with Gasteiger partial charge >= 0.3 is 5.69 Å². The highest BCUT2D eigenvalue weighted by Crippen LogP contribution is 2.25. The van der Waals surface area contributed by atoms with Gasteiger partial charge in [-0.25, -0.2) is 18.3 Å². The van der Waals surface area contributed by atoms with Gasteiger partial charge in [0.25, 0.3) is 0 Å². The van der Waals surface area contributed by atoms with Crippen LogP contribution in [0.4, 0.5) is 8.78 Å². The molecule has 1 N–H and O–H groups in total. The van der Waals surface area contributed by atoms with Crippen LogP contribution in [0.5, 0.6) is 0 Å². The van der Waals surface area contributed by atoms with E-state index in [1.54, 1.807) is 36.4 Å². The van der Waals surface area contributed by atoms with Gasteiger partial charge < -0.3 is 5.32 Å². The second kappa shape index (κ2) is 8.46. The molecule has 4 rings (SSSR count). The summed E-state index contributed by atoms with van der Waals surface area (Å²) in [6.45, 7) is -0.0797. The van der Waals surface area contributed by atoms with Gasteiger partial charge in [-0.05, 0) is 48.0 Å². The zero-order chi connectivity index (χ0) is 21.1. The molecule has 0 saturated carbocycles. The van der Waals surface area contributed by atoms with Crippen LogP contribution in [-0.2, 0) is 17.9 Å². The van der Waals surface area contributed by atoms with Crippen LogP contribution in [0.1, 0.15) is 5.56 Å². The second-order valence-corrected chi connectivity index (χ2v) is 7.44. The predicted octanol–water partition coefficient (Wildman–Crippen LogP) is 2.64. The van der Waals surface area contributed by atoms with E-state index in [-0.39, 0.29) is 30.4 Å². The van der Waals surface area contributed by atoms with Gasteiger partial charge in [0.1, 0.15) is 23.2 Å². The lowest BCUT2D eigenvalue weighted by Crippen LogP contribution is -2.32. The first kappa shape index (κ1) is 19.8. The normalized spacial score (nSPS) is 11.0. The molecular weight excluding hydrogens is 412 g/mol. The Kier molecular flexibility index (Phi) is 5.57. The van der Waals surface area contributed by atoms with Crippen LogP contribution in [0, 0.1) is 11.6 Å². The van der Waals surface area contributed by atoms with Crippen LogP contribution in [0.2, 0.25) is 0 Å². The van der Waals surface area contributed by atoms with Crippen molar-refractivity contribution in [3.05, 3.63) is 88.3 Å². The van der Waals surface area contributed by atoms with Crippen molar-refractivity contribution in [1.29, 1.82) is 0 Å². The molecule has 2 aromatic carbocycles. The summed E-state index contributed by atoms with van der Waals surface area (Å²) in [4.78, 5) is 25.4. The first-order chi connectivity index (χ1) is 14.5. The predicted molar refractivity (Wildman–Crippen MR) is 106 cm³/mol. The maximum atomic E-state index is 13.3. The number of benzene rings is 2. The number of fused-ring (bicyclic) bond motifs is 1. The van der Waals surface area contributed by atoms with Crippen LogP contribution >= 0.6 is 11.8 Å². The molecule has 0 aliphatic rings. The van der Waals surface area contributed by atoms with Crippen molar-refractivity contribution in [3.8, 4) is 0 Å². The number of carbonyl (C=O) groups excluding carboxylic acids is 1. The molecule has 0 bridgehead atoms. The van der Waals surface area contributed by atoms with Crippen molar-refractivity contribution in [1.82, 2.24) is 24.7 Å². The van der Waals surface area contributed by atoms with Gasteiger partial charge in [-0.3, -0.25) is 4.79 Å². The lowest BCUT2D eigenvalue weighted by Gasteiger charge is -2.04. The van der Waals surface area contributed by atoms with Crippen molar-refractivity contribution in [2.45, 2.75) is 23.0 Å². The smallest absolute Gasteiger partial charge is 0.350 e. The lowest BCUT2D eigenvalue weighted by atomic mass is 10.2. The Labute approximate surface area is 173 Å². The van der Waals surface area contributed by atoms with E-state index in [0.29, 0.717) is 9.92 Å². The van der Waals surface area contributed by atoms with Gasteiger partial charge in [-0.1, -0.05) is 30.0 Å². The number of carbonyl (C=O) groups is 1. The fraction of sp³-hybridized carbons (Fsp3) is 0.100. The molecule has 0 unspecified atom stereocenters. The second-order valence-electron chi connectivity index (χ2n) is 6.34. The molecule has 2 heterocycles. The van der Waals surface area contributed by atoms with E-state index in [9.17, 15) is 18.4 Å². The summed E-state index contributed by atoms with van der Waals surface area (Å²) in [5.74, 6) is -1.14. The highest BCUT2D eigenvalue weighted by molar-refractivity contribution is 7.99. The minimum atomic E-state index is -0.566. The number of aromatic nitrogens is 4. The van der Waals surface area contributed by atoms with Gasteiger partial charge in [-0.15, -0.1) is 5.10 Å². The summed E-state index contributed by atoms with van der Waals surface area (Å²) < 4.78 is 28.4. The van der Waals surface area contributed by atoms with Crippen LogP contribution in [0.15, 0.2) is 75.4 Å². The minimum Gasteiger partial charge on any atom is -0.350 e. The molecule has 1 amide bonds. The standard InChI is InChI=1S/C20H15F2N5O2S/c21-14-6-4-13(5-7-14)11-23-18(28)12-26-20(29)27-17(24-26)8-9-19(25-27)30-16-3-1-2-15(22)10-16/h1-10H,11-12H2,(H,23,28). The maximum absolute atomic E-state index is 13.3. The van der Waals surface area contributed by atoms with E-state index in [2.05, 4.69) is 15.5 Å². The van der Waals surface area contributed by atoms with Gasteiger partial charge in [0.05, 0.1) is 0 Å². The molecule has 152 valence electrons. The monoisotopic (exact) mass is 427 g/mol. The Morgan fingerprint density at radius 1 is 1.00 bits per heavy atom. The summed E-state index contributed by atoms with van der Waals surface area (Å²) in [5, 5.41) is 11.5. The summed E-state index contributed by atoms with van der Waals surface area (Å²) in [7, 11) is 0. The molecule has 10 heteroatoms. The first-order valence-electron chi connectivity index (χ1n) is 8.89. The zero-order valence-electron chi connectivity index (χ0n) is 15.5. The maximum Gasteiger partial charge on any atom is 0.367 e. The largest absolute Gasteiger partial charge is 0.367 e. The Morgan fingerprint density at radius 2 is 1.80 bits per heavy atom. The third kappa shape index (κ3) is 4.54. The quantitative estimate of drug-likeness (QED) is 0.512. The van der Waals surface area contributed by atoms with E-state index in [4.69, 9.17) is 0 Å². The first-order valence-corrected chi connectivity index (χ1v) is 9.71. The van der Waals surface area contributed by atoms with E-state index in [0.717, 1.165) is 14.8 Å². The number of hydrogen-bond donors (Lipinski definition) is 1. The molecule has 0 fully saturated rings. The molecule has 0 atom stereocenters. The molecule has 4 aromatic rings. The lowest BCUT2D eigenvalue weighted by molar-refractivity contribution is -0.122. The number of rotatable bonds is 6. The van der Waals surface area contributed by atoms with Crippen LogP contribution in [-0.4, -0.2) is 25.3 Å². The average Bonchev–Trinajstić information content (AvgIpc) is 3.03. The summed E-state index contributed by atoms with van der Waals surface area (Å²) in [6.07, 6.45) is 0. The Bertz CT molecular complexity index is 1270. The summed E-state index contributed by atoms with van der Waals surface area (Å²) in [6, 6.07) is 15.0. The van der Waals surface area contributed by atoms with Crippen LogP contribution < -0.4 is 11.0 Å². The molecule has 0 spiro atoms. The van der Waals surface area contributed by atoms with Gasteiger partial charge in [0.15, 0.2) is 5.65 Å². The number of amides is 1. The topological polar surface area (TPSA) is 81.3 Å². The van der Waals surface area contributed by atoms with Crippen molar-refractivity contribution in [2.24, 2.45) is 0 Å². The molecule has 0 radical (unpaired) electrons. The van der Waals surface area contributed by atoms with Crippen molar-refractivity contribution in [2.75, 3.05) is 0 Å². The van der Waals surface area contributed by atoms with Crippen molar-refractivity contribution < 1.29 is 13.6 Å². The highest BCUT2D eigenvalue weighted by Gasteiger charge is 2.13. The fourth-order valence-electron chi connectivity index (χ4n) is 2.70. The third-order valence-electron chi connectivity index (χ3n) is 4.13. The van der Waals surface area contributed by atoms with Gasteiger partial charge in [0, 0.05) is 11.4 Å². The molecule has 2 aromatic heterocycles. The number of hydrogen-bond acceptors (Lipinski definition) is 5. The SMILES string of the molecule is O=C(Cn1nc2ccc(Sc3cccc(F)c3)nn2c1=O)NCc1ccc(F)cc1. The fourth-order valence-corrected chi connectivity index (χ4v) is 3.51. The molecule has 0 saturated heterocycles. The van der Waals surface area contributed by atoms with E-state index in [1.165, 1.54) is 36.0 Å². The van der Waals surface area contributed by atoms with E-state index in [1.807, 2.05) is 0 Å². The minimum absolute atomic E-state index is 0.202. The van der Waals surface area contributed by atoms with Gasteiger partial charge in [0.2, 0.25) is 5.91 Å². The molecule has 30 heavy (non-hydrogen) atoms. The number of halogens is 2. The molecular formula is C20H15F2N5O2S. The Hall–Kier alpha value is -3.53. The average molecular weight is 427 g/mol. The van der Waals surface area contributed by atoms with Crippen molar-refractivity contribution in [3.63, 3.8) is 0 Å². The number of nitrogens with one attached hydrogen (secondary N) is 1. The number of nitrogens with zero attached hydrogens (tertiary/aromatic N) is 4. The summed E-state index contributed by atoms with van der Waals surface area (Å²) >= 11 is 1.20. The van der Waals surface area contributed by atoms with E-state index < -0.39 is 11.6 Å². The zero-order valence-corrected chi connectivity index (χ0v) is 16.3. The molecule has 0 aliphatic heterocycles. The Morgan fingerprint density at radius 3 is 2.57 bits per heavy atom. The van der Waals surface area contributed by atoms with Crippen LogP contribution in [0.25, 0.3) is 5.65 Å². The highest BCUT2D eigenvalue weighted by atomic mass is 32.2.